The Morgan fingerprint density at radius 2 is 2.11 bits per heavy atom. The lowest BCUT2D eigenvalue weighted by molar-refractivity contribution is 0.0697. The van der Waals surface area contributed by atoms with E-state index in [0.29, 0.717) is 12.2 Å². The normalized spacial score (nSPS) is 11.1. The molecule has 1 aromatic heterocycles. The fraction of sp³-hybridized carbons (Fsp3) is 0.357. The third kappa shape index (κ3) is 1.99. The minimum absolute atomic E-state index is 0.328. The van der Waals surface area contributed by atoms with Gasteiger partial charge in [-0.1, -0.05) is 0 Å². The van der Waals surface area contributed by atoms with Crippen LogP contribution in [0.5, 0.6) is 0 Å². The van der Waals surface area contributed by atoms with Gasteiger partial charge in [0.05, 0.1) is 12.2 Å². The first-order valence-electron chi connectivity index (χ1n) is 5.88. The van der Waals surface area contributed by atoms with Gasteiger partial charge in [0, 0.05) is 30.3 Å². The molecule has 96 valence electrons. The summed E-state index contributed by atoms with van der Waals surface area (Å²) in [7, 11) is 1.68. The molecule has 18 heavy (non-hydrogen) atoms. The van der Waals surface area contributed by atoms with E-state index < -0.39 is 5.97 Å². The number of carboxylic acids is 1. The minimum Gasteiger partial charge on any atom is -0.478 e. The zero-order valence-corrected chi connectivity index (χ0v) is 10.9. The molecule has 1 heterocycles. The van der Waals surface area contributed by atoms with Gasteiger partial charge in [0.1, 0.15) is 0 Å². The standard InChI is InChI=1S/C14H17NO3/c1-9-10(2)15(6-7-18-3)13-5-4-11(14(16)17)8-12(9)13/h4-5,8H,6-7H2,1-3H3,(H,16,17). The first-order chi connectivity index (χ1) is 8.56. The Labute approximate surface area is 106 Å². The maximum atomic E-state index is 11.0. The maximum Gasteiger partial charge on any atom is 0.335 e. The van der Waals surface area contributed by atoms with Crippen LogP contribution in [0, 0.1) is 13.8 Å². The van der Waals surface area contributed by atoms with E-state index in [0.717, 1.165) is 28.7 Å². The van der Waals surface area contributed by atoms with Crippen LogP contribution < -0.4 is 0 Å². The van der Waals surface area contributed by atoms with Crippen molar-refractivity contribution in [1.82, 2.24) is 4.57 Å². The van der Waals surface area contributed by atoms with Crippen LogP contribution in [0.4, 0.5) is 0 Å². The van der Waals surface area contributed by atoms with E-state index in [4.69, 9.17) is 9.84 Å². The van der Waals surface area contributed by atoms with Crippen LogP contribution in [0.2, 0.25) is 0 Å². The molecule has 0 unspecified atom stereocenters. The van der Waals surface area contributed by atoms with Crippen molar-refractivity contribution in [3.05, 3.63) is 35.0 Å². The summed E-state index contributed by atoms with van der Waals surface area (Å²) in [4.78, 5) is 11.0. The van der Waals surface area contributed by atoms with Crippen molar-refractivity contribution in [2.24, 2.45) is 0 Å². The molecule has 0 atom stereocenters. The predicted molar refractivity (Wildman–Crippen MR) is 70.2 cm³/mol. The zero-order chi connectivity index (χ0) is 13.3. The van der Waals surface area contributed by atoms with Crippen LogP contribution >= 0.6 is 0 Å². The SMILES string of the molecule is COCCn1c(C)c(C)c2cc(C(=O)O)ccc21. The third-order valence-corrected chi connectivity index (χ3v) is 3.40. The van der Waals surface area contributed by atoms with Gasteiger partial charge in [0.25, 0.3) is 0 Å². The molecule has 0 radical (unpaired) electrons. The van der Waals surface area contributed by atoms with Crippen molar-refractivity contribution in [2.75, 3.05) is 13.7 Å². The molecule has 0 saturated heterocycles. The number of aryl methyl sites for hydroxylation is 1. The Morgan fingerprint density at radius 3 is 2.72 bits per heavy atom. The van der Waals surface area contributed by atoms with Gasteiger partial charge in [0.2, 0.25) is 0 Å². The van der Waals surface area contributed by atoms with Crippen molar-refractivity contribution >= 4 is 16.9 Å². The van der Waals surface area contributed by atoms with Gasteiger partial charge >= 0.3 is 5.97 Å². The highest BCUT2D eigenvalue weighted by atomic mass is 16.5. The number of nitrogens with zero attached hydrogens (tertiary/aromatic N) is 1. The molecule has 0 aliphatic rings. The quantitative estimate of drug-likeness (QED) is 0.903. The number of fused-ring (bicyclic) bond motifs is 1. The Bertz CT molecular complexity index is 599. The summed E-state index contributed by atoms with van der Waals surface area (Å²) < 4.78 is 7.27. The summed E-state index contributed by atoms with van der Waals surface area (Å²) in [5, 5.41) is 10.0. The van der Waals surface area contributed by atoms with Crippen LogP contribution in [-0.2, 0) is 11.3 Å². The van der Waals surface area contributed by atoms with E-state index in [1.54, 1.807) is 19.2 Å². The summed E-state index contributed by atoms with van der Waals surface area (Å²) in [6.45, 7) is 5.49. The van der Waals surface area contributed by atoms with Gasteiger partial charge in [-0.2, -0.15) is 0 Å². The number of rotatable bonds is 4. The van der Waals surface area contributed by atoms with Crippen LogP contribution in [0.15, 0.2) is 18.2 Å². The average molecular weight is 247 g/mol. The summed E-state index contributed by atoms with van der Waals surface area (Å²) >= 11 is 0. The molecule has 4 heteroatoms. The fourth-order valence-electron chi connectivity index (χ4n) is 2.25. The second-order valence-electron chi connectivity index (χ2n) is 4.39. The van der Waals surface area contributed by atoms with Crippen molar-refractivity contribution in [2.45, 2.75) is 20.4 Å². The molecule has 0 spiro atoms. The van der Waals surface area contributed by atoms with Gasteiger partial charge in [-0.3, -0.25) is 0 Å². The molecule has 2 aromatic rings. The highest BCUT2D eigenvalue weighted by molar-refractivity contribution is 5.95. The predicted octanol–water partition coefficient (Wildman–Crippen LogP) is 2.60. The summed E-state index contributed by atoms with van der Waals surface area (Å²) in [5.41, 5.74) is 3.68. The molecule has 0 fully saturated rings. The number of aromatic carboxylic acids is 1. The molecule has 0 bridgehead atoms. The third-order valence-electron chi connectivity index (χ3n) is 3.40. The van der Waals surface area contributed by atoms with E-state index in [2.05, 4.69) is 4.57 Å². The lowest BCUT2D eigenvalue weighted by Crippen LogP contribution is -2.05. The number of hydrogen-bond donors (Lipinski definition) is 1. The Morgan fingerprint density at radius 1 is 1.39 bits per heavy atom. The number of benzene rings is 1. The summed E-state index contributed by atoms with van der Waals surface area (Å²) in [6, 6.07) is 5.25. The second-order valence-corrected chi connectivity index (χ2v) is 4.39. The lowest BCUT2D eigenvalue weighted by Gasteiger charge is -2.07. The Balaban J connectivity index is 2.60. The first kappa shape index (κ1) is 12.6. The second kappa shape index (κ2) is 4.82. The molecule has 0 amide bonds. The summed E-state index contributed by atoms with van der Waals surface area (Å²) in [6.07, 6.45) is 0. The highest BCUT2D eigenvalue weighted by Gasteiger charge is 2.12. The van der Waals surface area contributed by atoms with E-state index in [1.165, 1.54) is 0 Å². The first-order valence-corrected chi connectivity index (χ1v) is 5.88. The van der Waals surface area contributed by atoms with Gasteiger partial charge in [-0.05, 0) is 37.6 Å². The highest BCUT2D eigenvalue weighted by Crippen LogP contribution is 2.26. The maximum absolute atomic E-state index is 11.0. The van der Waals surface area contributed by atoms with Crippen molar-refractivity contribution < 1.29 is 14.6 Å². The van der Waals surface area contributed by atoms with Crippen LogP contribution in [-0.4, -0.2) is 29.4 Å². The smallest absolute Gasteiger partial charge is 0.335 e. The molecular weight excluding hydrogens is 230 g/mol. The Kier molecular flexibility index (Phi) is 3.39. The number of carbonyl (C=O) groups is 1. The number of carboxylic acid groups (broad SMARTS) is 1. The molecule has 0 aliphatic heterocycles. The molecule has 0 aliphatic carbocycles. The summed E-state index contributed by atoms with van der Waals surface area (Å²) in [5.74, 6) is -0.890. The van der Waals surface area contributed by atoms with Crippen molar-refractivity contribution in [3.8, 4) is 0 Å². The van der Waals surface area contributed by atoms with E-state index in [9.17, 15) is 4.79 Å². The fourth-order valence-corrected chi connectivity index (χ4v) is 2.25. The number of methoxy groups -OCH3 is 1. The topological polar surface area (TPSA) is 51.5 Å². The van der Waals surface area contributed by atoms with Crippen molar-refractivity contribution in [1.29, 1.82) is 0 Å². The average Bonchev–Trinajstić information content (AvgIpc) is 2.60. The van der Waals surface area contributed by atoms with E-state index >= 15 is 0 Å². The van der Waals surface area contributed by atoms with Gasteiger partial charge < -0.3 is 14.4 Å². The molecule has 1 aromatic carbocycles. The molecule has 1 N–H and O–H groups in total. The van der Waals surface area contributed by atoms with Gasteiger partial charge in [-0.15, -0.1) is 0 Å². The van der Waals surface area contributed by atoms with E-state index in [-0.39, 0.29) is 0 Å². The number of aromatic nitrogens is 1. The van der Waals surface area contributed by atoms with Gasteiger partial charge in [-0.25, -0.2) is 4.79 Å². The zero-order valence-electron chi connectivity index (χ0n) is 10.9. The number of ether oxygens (including phenoxy) is 1. The Hall–Kier alpha value is -1.81. The van der Waals surface area contributed by atoms with E-state index in [1.807, 2.05) is 19.9 Å². The largest absolute Gasteiger partial charge is 0.478 e. The molecule has 0 saturated carbocycles. The van der Waals surface area contributed by atoms with Crippen LogP contribution in [0.3, 0.4) is 0 Å². The van der Waals surface area contributed by atoms with Crippen LogP contribution in [0.1, 0.15) is 21.6 Å². The molecule has 4 nitrogen and oxygen atoms in total. The number of hydrogen-bond acceptors (Lipinski definition) is 2. The molecule has 2 rings (SSSR count). The van der Waals surface area contributed by atoms with Crippen LogP contribution in [0.25, 0.3) is 10.9 Å². The molecular formula is C14H17NO3. The van der Waals surface area contributed by atoms with Crippen molar-refractivity contribution in [3.63, 3.8) is 0 Å². The minimum atomic E-state index is -0.890. The monoisotopic (exact) mass is 247 g/mol. The van der Waals surface area contributed by atoms with Gasteiger partial charge in [0.15, 0.2) is 0 Å². The lowest BCUT2D eigenvalue weighted by atomic mass is 10.1.